The zero-order valence-corrected chi connectivity index (χ0v) is 13.6. The fraction of sp³-hybridized carbons (Fsp3) is 0.467. The molecule has 1 saturated heterocycles. The number of nitrogens with zero attached hydrogens (tertiary/aromatic N) is 1. The average molecular weight is 357 g/mol. The van der Waals surface area contributed by atoms with Crippen LogP contribution in [0.5, 0.6) is 0 Å². The molecule has 2 atom stereocenters. The van der Waals surface area contributed by atoms with Gasteiger partial charge in [-0.15, -0.1) is 0 Å². The standard InChI is InChI=1S/C15H18BrFN2O2/c1-3-9(2)14-15(21)19(7-6-13(20)18-14)12-8-10(17)4-5-11(12)16/h4-5,8-9,14H,3,6-7H2,1-2H3,(H,18,20). The summed E-state index contributed by atoms with van der Waals surface area (Å²) in [6, 6.07) is 3.63. The monoisotopic (exact) mass is 356 g/mol. The van der Waals surface area contributed by atoms with Crippen LogP contribution in [-0.4, -0.2) is 24.4 Å². The van der Waals surface area contributed by atoms with Crippen molar-refractivity contribution in [1.82, 2.24) is 5.32 Å². The molecule has 1 aliphatic heterocycles. The summed E-state index contributed by atoms with van der Waals surface area (Å²) in [5.74, 6) is -0.732. The summed E-state index contributed by atoms with van der Waals surface area (Å²) in [6.07, 6.45) is 0.983. The first-order chi connectivity index (χ1) is 9.93. The zero-order valence-electron chi connectivity index (χ0n) is 12.0. The van der Waals surface area contributed by atoms with E-state index in [0.29, 0.717) is 10.2 Å². The van der Waals surface area contributed by atoms with Gasteiger partial charge in [0.15, 0.2) is 0 Å². The molecule has 1 fully saturated rings. The van der Waals surface area contributed by atoms with Crippen LogP contribution in [0.1, 0.15) is 26.7 Å². The second-order valence-corrected chi connectivity index (χ2v) is 6.12. The summed E-state index contributed by atoms with van der Waals surface area (Å²) >= 11 is 3.34. The molecular formula is C15H18BrFN2O2. The minimum atomic E-state index is -0.569. The highest BCUT2D eigenvalue weighted by Gasteiger charge is 2.34. The van der Waals surface area contributed by atoms with Crippen molar-refractivity contribution in [2.24, 2.45) is 5.92 Å². The first-order valence-corrected chi connectivity index (χ1v) is 7.79. The summed E-state index contributed by atoms with van der Waals surface area (Å²) in [5, 5.41) is 2.77. The van der Waals surface area contributed by atoms with Crippen LogP contribution in [0.4, 0.5) is 10.1 Å². The van der Waals surface area contributed by atoms with Gasteiger partial charge in [-0.05, 0) is 40.0 Å². The third-order valence-electron chi connectivity index (χ3n) is 3.82. The van der Waals surface area contributed by atoms with Gasteiger partial charge in [-0.2, -0.15) is 0 Å². The second kappa shape index (κ2) is 6.56. The number of benzene rings is 1. The van der Waals surface area contributed by atoms with Crippen molar-refractivity contribution in [2.45, 2.75) is 32.7 Å². The van der Waals surface area contributed by atoms with Crippen LogP contribution in [0.3, 0.4) is 0 Å². The van der Waals surface area contributed by atoms with E-state index in [2.05, 4.69) is 21.2 Å². The van der Waals surface area contributed by atoms with Crippen LogP contribution in [-0.2, 0) is 9.59 Å². The molecular weight excluding hydrogens is 339 g/mol. The number of carbonyl (C=O) groups is 2. The Balaban J connectivity index is 2.39. The number of carbonyl (C=O) groups excluding carboxylic acids is 2. The normalized spacial score (nSPS) is 21.0. The third kappa shape index (κ3) is 3.43. The van der Waals surface area contributed by atoms with Crippen molar-refractivity contribution in [2.75, 3.05) is 11.4 Å². The molecule has 2 rings (SSSR count). The van der Waals surface area contributed by atoms with Gasteiger partial charge >= 0.3 is 0 Å². The van der Waals surface area contributed by atoms with E-state index < -0.39 is 11.9 Å². The maximum Gasteiger partial charge on any atom is 0.249 e. The molecule has 0 bridgehead atoms. The van der Waals surface area contributed by atoms with Gasteiger partial charge in [-0.3, -0.25) is 9.59 Å². The van der Waals surface area contributed by atoms with E-state index in [9.17, 15) is 14.0 Å². The summed E-state index contributed by atoms with van der Waals surface area (Å²) < 4.78 is 14.1. The quantitative estimate of drug-likeness (QED) is 0.905. The van der Waals surface area contributed by atoms with Crippen LogP contribution >= 0.6 is 15.9 Å². The molecule has 1 aliphatic rings. The maximum atomic E-state index is 13.5. The molecule has 1 aromatic rings. The van der Waals surface area contributed by atoms with E-state index in [1.807, 2.05) is 13.8 Å². The summed E-state index contributed by atoms with van der Waals surface area (Å²) in [5.41, 5.74) is 0.463. The van der Waals surface area contributed by atoms with Crippen LogP contribution in [0.15, 0.2) is 22.7 Å². The van der Waals surface area contributed by atoms with Crippen molar-refractivity contribution in [1.29, 1.82) is 0 Å². The molecule has 0 aliphatic carbocycles. The number of hydrogen-bond acceptors (Lipinski definition) is 2. The zero-order chi connectivity index (χ0) is 15.6. The molecule has 6 heteroatoms. The summed E-state index contributed by atoms with van der Waals surface area (Å²) in [7, 11) is 0. The van der Waals surface area contributed by atoms with Gasteiger partial charge in [0.1, 0.15) is 11.9 Å². The van der Waals surface area contributed by atoms with Crippen LogP contribution in [0.2, 0.25) is 0 Å². The van der Waals surface area contributed by atoms with Crippen molar-refractivity contribution < 1.29 is 14.0 Å². The van der Waals surface area contributed by atoms with Gasteiger partial charge in [0.2, 0.25) is 11.8 Å². The molecule has 1 N–H and O–H groups in total. The summed E-state index contributed by atoms with van der Waals surface area (Å²) in [4.78, 5) is 26.0. The van der Waals surface area contributed by atoms with Crippen molar-refractivity contribution in [3.63, 3.8) is 0 Å². The Hall–Kier alpha value is -1.43. The lowest BCUT2D eigenvalue weighted by Gasteiger charge is -2.27. The first-order valence-electron chi connectivity index (χ1n) is 6.99. The Morgan fingerprint density at radius 1 is 1.48 bits per heavy atom. The highest BCUT2D eigenvalue weighted by atomic mass is 79.9. The first kappa shape index (κ1) is 15.9. The number of rotatable bonds is 3. The molecule has 0 aromatic heterocycles. The van der Waals surface area contributed by atoms with Crippen LogP contribution in [0.25, 0.3) is 0 Å². The molecule has 2 unspecified atom stereocenters. The lowest BCUT2D eigenvalue weighted by molar-refractivity contribution is -0.126. The Labute approximate surface area is 131 Å². The Morgan fingerprint density at radius 3 is 2.86 bits per heavy atom. The van der Waals surface area contributed by atoms with Gasteiger partial charge in [0, 0.05) is 17.4 Å². The Kier molecular flexibility index (Phi) is 4.98. The number of nitrogens with one attached hydrogen (secondary N) is 1. The third-order valence-corrected chi connectivity index (χ3v) is 4.49. The number of amides is 2. The predicted octanol–water partition coefficient (Wildman–Crippen LogP) is 2.86. The summed E-state index contributed by atoms with van der Waals surface area (Å²) in [6.45, 7) is 4.14. The molecule has 0 saturated carbocycles. The second-order valence-electron chi connectivity index (χ2n) is 5.27. The largest absolute Gasteiger partial charge is 0.344 e. The topological polar surface area (TPSA) is 49.4 Å². The average Bonchev–Trinajstić information content (AvgIpc) is 2.60. The highest BCUT2D eigenvalue weighted by molar-refractivity contribution is 9.10. The van der Waals surface area contributed by atoms with E-state index in [0.717, 1.165) is 6.42 Å². The van der Waals surface area contributed by atoms with E-state index in [1.54, 1.807) is 6.07 Å². The van der Waals surface area contributed by atoms with Crippen molar-refractivity contribution in [3.8, 4) is 0 Å². The lowest BCUT2D eigenvalue weighted by atomic mass is 9.98. The number of anilines is 1. The van der Waals surface area contributed by atoms with Crippen LogP contribution in [0, 0.1) is 11.7 Å². The molecule has 21 heavy (non-hydrogen) atoms. The minimum absolute atomic E-state index is 0.0226. The van der Waals surface area contributed by atoms with Crippen molar-refractivity contribution in [3.05, 3.63) is 28.5 Å². The fourth-order valence-electron chi connectivity index (χ4n) is 2.35. The molecule has 1 heterocycles. The Bertz CT molecular complexity index is 565. The van der Waals surface area contributed by atoms with Gasteiger partial charge < -0.3 is 10.2 Å². The van der Waals surface area contributed by atoms with Gasteiger partial charge in [0.05, 0.1) is 5.69 Å². The van der Waals surface area contributed by atoms with Gasteiger partial charge in [-0.1, -0.05) is 20.3 Å². The molecule has 0 radical (unpaired) electrons. The SMILES string of the molecule is CCC(C)C1NC(=O)CCN(c2cc(F)ccc2Br)C1=O. The predicted molar refractivity (Wildman–Crippen MR) is 82.5 cm³/mol. The fourth-order valence-corrected chi connectivity index (χ4v) is 2.81. The number of hydrogen-bond donors (Lipinski definition) is 1. The van der Waals surface area contributed by atoms with E-state index >= 15 is 0 Å². The van der Waals surface area contributed by atoms with Gasteiger partial charge in [-0.25, -0.2) is 4.39 Å². The van der Waals surface area contributed by atoms with E-state index in [-0.39, 0.29) is 30.7 Å². The minimum Gasteiger partial charge on any atom is -0.344 e. The van der Waals surface area contributed by atoms with Crippen molar-refractivity contribution >= 4 is 33.4 Å². The number of halogens is 2. The van der Waals surface area contributed by atoms with Gasteiger partial charge in [0.25, 0.3) is 0 Å². The Morgan fingerprint density at radius 2 is 2.19 bits per heavy atom. The smallest absolute Gasteiger partial charge is 0.249 e. The highest BCUT2D eigenvalue weighted by Crippen LogP contribution is 2.29. The lowest BCUT2D eigenvalue weighted by Crippen LogP contribution is -2.48. The maximum absolute atomic E-state index is 13.5. The molecule has 2 amide bonds. The van der Waals surface area contributed by atoms with Crippen LogP contribution < -0.4 is 10.2 Å². The molecule has 1 aromatic carbocycles. The van der Waals surface area contributed by atoms with E-state index in [4.69, 9.17) is 0 Å². The molecule has 0 spiro atoms. The molecule has 4 nitrogen and oxygen atoms in total. The van der Waals surface area contributed by atoms with E-state index in [1.165, 1.54) is 17.0 Å². The molecule has 114 valence electrons.